The van der Waals surface area contributed by atoms with Crippen molar-refractivity contribution in [2.45, 2.75) is 6.54 Å². The van der Waals surface area contributed by atoms with Crippen LogP contribution in [0.5, 0.6) is 5.75 Å². The van der Waals surface area contributed by atoms with Crippen LogP contribution in [0, 0.1) is 0 Å². The van der Waals surface area contributed by atoms with Crippen LogP contribution in [0.4, 0.5) is 0 Å². The maximum absolute atomic E-state index is 12.6. The molecule has 0 saturated heterocycles. The largest absolute Gasteiger partial charge is 0.495 e. The molecular weight excluding hydrogens is 374 g/mol. The van der Waals surface area contributed by atoms with Gasteiger partial charge in [0.1, 0.15) is 5.75 Å². The molecule has 0 spiro atoms. The number of rotatable bonds is 4. The molecule has 4 heteroatoms. The number of ether oxygens (including phenoxy) is 2. The molecule has 4 nitrogen and oxygen atoms in total. The van der Waals surface area contributed by atoms with Crippen LogP contribution in [0.2, 0.25) is 0 Å². The topological polar surface area (TPSA) is 40.5 Å². The summed E-state index contributed by atoms with van der Waals surface area (Å²) in [5.74, 6) is 0.422. The first kappa shape index (κ1) is 18.3. The van der Waals surface area contributed by atoms with Gasteiger partial charge in [0, 0.05) is 17.3 Å². The second-order valence-corrected chi connectivity index (χ2v) is 7.29. The highest BCUT2D eigenvalue weighted by Gasteiger charge is 2.22. The summed E-state index contributed by atoms with van der Waals surface area (Å²) in [7, 11) is 3.10. The van der Waals surface area contributed by atoms with E-state index in [4.69, 9.17) is 9.47 Å². The Hall–Kier alpha value is -3.79. The van der Waals surface area contributed by atoms with Crippen LogP contribution in [-0.2, 0) is 11.3 Å². The van der Waals surface area contributed by atoms with E-state index < -0.39 is 0 Å². The van der Waals surface area contributed by atoms with Crippen LogP contribution in [0.15, 0.2) is 78.9 Å². The Kier molecular flexibility index (Phi) is 4.40. The van der Waals surface area contributed by atoms with Crippen LogP contribution >= 0.6 is 0 Å². The van der Waals surface area contributed by atoms with Gasteiger partial charge in [0.2, 0.25) is 0 Å². The lowest BCUT2D eigenvalue weighted by molar-refractivity contribution is 0.0603. The zero-order valence-electron chi connectivity index (χ0n) is 16.9. The maximum atomic E-state index is 12.6. The smallest absolute Gasteiger partial charge is 0.338 e. The summed E-state index contributed by atoms with van der Waals surface area (Å²) >= 11 is 0. The van der Waals surface area contributed by atoms with Crippen molar-refractivity contribution < 1.29 is 14.3 Å². The van der Waals surface area contributed by atoms with E-state index in [1.807, 2.05) is 42.5 Å². The molecule has 0 amide bonds. The summed E-state index contributed by atoms with van der Waals surface area (Å²) in [5, 5.41) is 3.91. The summed E-state index contributed by atoms with van der Waals surface area (Å²) in [5.41, 5.74) is 3.73. The Balaban J connectivity index is 1.97. The van der Waals surface area contributed by atoms with Crippen molar-refractivity contribution in [3.63, 3.8) is 0 Å². The van der Waals surface area contributed by atoms with E-state index in [1.165, 1.54) is 12.7 Å². The first-order valence-electron chi connectivity index (χ1n) is 9.86. The van der Waals surface area contributed by atoms with E-state index in [0.29, 0.717) is 12.1 Å². The van der Waals surface area contributed by atoms with Crippen LogP contribution in [0.1, 0.15) is 15.9 Å². The second kappa shape index (κ2) is 7.23. The minimum atomic E-state index is -0.352. The molecule has 5 aromatic rings. The minimum Gasteiger partial charge on any atom is -0.495 e. The van der Waals surface area contributed by atoms with E-state index in [0.717, 1.165) is 38.3 Å². The van der Waals surface area contributed by atoms with Gasteiger partial charge in [-0.15, -0.1) is 0 Å². The van der Waals surface area contributed by atoms with Crippen molar-refractivity contribution in [2.75, 3.05) is 14.2 Å². The fraction of sp³-hybridized carbons (Fsp3) is 0.115. The second-order valence-electron chi connectivity index (χ2n) is 7.29. The fourth-order valence-corrected chi connectivity index (χ4v) is 4.34. The quantitative estimate of drug-likeness (QED) is 0.362. The van der Waals surface area contributed by atoms with Gasteiger partial charge in [0.25, 0.3) is 0 Å². The van der Waals surface area contributed by atoms with Crippen molar-refractivity contribution in [3.05, 3.63) is 90.0 Å². The molecule has 0 aliphatic carbocycles. The van der Waals surface area contributed by atoms with Gasteiger partial charge in [-0.25, -0.2) is 4.79 Å². The van der Waals surface area contributed by atoms with E-state index in [2.05, 4.69) is 41.0 Å². The number of carbonyl (C=O) groups excluding carboxylic acids is 1. The summed E-state index contributed by atoms with van der Waals surface area (Å²) in [6.45, 7) is 0.687. The summed E-state index contributed by atoms with van der Waals surface area (Å²) in [4.78, 5) is 12.6. The van der Waals surface area contributed by atoms with E-state index in [-0.39, 0.29) is 5.97 Å². The van der Waals surface area contributed by atoms with Crippen molar-refractivity contribution in [3.8, 4) is 5.75 Å². The van der Waals surface area contributed by atoms with Gasteiger partial charge in [-0.2, -0.15) is 0 Å². The van der Waals surface area contributed by atoms with Crippen LogP contribution in [-0.4, -0.2) is 24.8 Å². The van der Waals surface area contributed by atoms with Gasteiger partial charge in [-0.3, -0.25) is 0 Å². The van der Waals surface area contributed by atoms with Crippen molar-refractivity contribution in [1.29, 1.82) is 0 Å². The molecule has 5 rings (SSSR count). The first-order chi connectivity index (χ1) is 14.7. The summed E-state index contributed by atoms with van der Waals surface area (Å²) in [6, 6.07) is 26.4. The van der Waals surface area contributed by atoms with Crippen molar-refractivity contribution in [2.24, 2.45) is 0 Å². The highest BCUT2D eigenvalue weighted by molar-refractivity contribution is 6.22. The lowest BCUT2D eigenvalue weighted by Crippen LogP contribution is -2.02. The molecule has 0 aliphatic heterocycles. The Bertz CT molecular complexity index is 1400. The third-order valence-corrected chi connectivity index (χ3v) is 5.65. The first-order valence-corrected chi connectivity index (χ1v) is 9.86. The molecule has 0 radical (unpaired) electrons. The predicted octanol–water partition coefficient (Wildman–Crippen LogP) is 5.79. The molecular formula is C26H21NO3. The van der Waals surface area contributed by atoms with Gasteiger partial charge in [-0.05, 0) is 29.1 Å². The summed E-state index contributed by atoms with van der Waals surface area (Å²) < 4.78 is 13.3. The molecule has 148 valence electrons. The minimum absolute atomic E-state index is 0.352. The predicted molar refractivity (Wildman–Crippen MR) is 120 cm³/mol. The van der Waals surface area contributed by atoms with Gasteiger partial charge in [-0.1, -0.05) is 60.7 Å². The average Bonchev–Trinajstić information content (AvgIpc) is 3.11. The Morgan fingerprint density at radius 3 is 2.37 bits per heavy atom. The lowest BCUT2D eigenvalue weighted by Gasteiger charge is -2.11. The van der Waals surface area contributed by atoms with Gasteiger partial charge in [0.15, 0.2) is 0 Å². The molecule has 0 saturated carbocycles. The monoisotopic (exact) mass is 395 g/mol. The zero-order chi connectivity index (χ0) is 20.7. The number of benzene rings is 4. The van der Waals surface area contributed by atoms with Crippen LogP contribution in [0.25, 0.3) is 32.6 Å². The normalized spacial score (nSPS) is 11.3. The standard InChI is InChI=1S/C26H21NO3/c1-29-25-19-12-7-6-11-18(19)15-22-24(25)23-20(26(28)30-2)13-8-14-21(23)27(22)16-17-9-4-3-5-10-17/h3-15H,16H2,1-2H3. The molecule has 30 heavy (non-hydrogen) atoms. The summed E-state index contributed by atoms with van der Waals surface area (Å²) in [6.07, 6.45) is 0. The number of aromatic nitrogens is 1. The molecule has 0 bridgehead atoms. The fourth-order valence-electron chi connectivity index (χ4n) is 4.34. The zero-order valence-corrected chi connectivity index (χ0v) is 16.9. The third-order valence-electron chi connectivity index (χ3n) is 5.65. The number of esters is 1. The molecule has 1 heterocycles. The molecule has 1 aromatic heterocycles. The molecule has 0 unspecified atom stereocenters. The number of methoxy groups -OCH3 is 2. The number of fused-ring (bicyclic) bond motifs is 4. The number of hydrogen-bond donors (Lipinski definition) is 0. The maximum Gasteiger partial charge on any atom is 0.338 e. The van der Waals surface area contributed by atoms with E-state index in [1.54, 1.807) is 7.11 Å². The molecule has 4 aromatic carbocycles. The van der Waals surface area contributed by atoms with Crippen molar-refractivity contribution >= 4 is 38.5 Å². The van der Waals surface area contributed by atoms with Gasteiger partial charge >= 0.3 is 5.97 Å². The van der Waals surface area contributed by atoms with Crippen LogP contribution in [0.3, 0.4) is 0 Å². The van der Waals surface area contributed by atoms with E-state index >= 15 is 0 Å². The third kappa shape index (κ3) is 2.72. The number of carbonyl (C=O) groups is 1. The number of nitrogens with zero attached hydrogens (tertiary/aromatic N) is 1. The van der Waals surface area contributed by atoms with Gasteiger partial charge in [0.05, 0.1) is 36.2 Å². The highest BCUT2D eigenvalue weighted by Crippen LogP contribution is 2.42. The number of hydrogen-bond acceptors (Lipinski definition) is 3. The molecule has 0 aliphatic rings. The van der Waals surface area contributed by atoms with Crippen molar-refractivity contribution in [1.82, 2.24) is 4.57 Å². The average molecular weight is 395 g/mol. The molecule has 0 fully saturated rings. The Morgan fingerprint density at radius 1 is 0.833 bits per heavy atom. The van der Waals surface area contributed by atoms with Crippen LogP contribution < -0.4 is 4.74 Å². The molecule has 0 atom stereocenters. The molecule has 0 N–H and O–H groups in total. The van der Waals surface area contributed by atoms with Gasteiger partial charge < -0.3 is 14.0 Å². The SMILES string of the molecule is COC(=O)c1cccc2c1c1c(OC)c3ccccc3cc1n2Cc1ccccc1. The highest BCUT2D eigenvalue weighted by atomic mass is 16.5. The Morgan fingerprint density at radius 2 is 1.60 bits per heavy atom. The lowest BCUT2D eigenvalue weighted by atomic mass is 10.0. The van der Waals surface area contributed by atoms with E-state index in [9.17, 15) is 4.79 Å². The Labute approximate surface area is 174 Å².